The third-order valence-electron chi connectivity index (χ3n) is 4.06. The van der Waals surface area contributed by atoms with Gasteiger partial charge in [0.2, 0.25) is 0 Å². The van der Waals surface area contributed by atoms with Crippen LogP contribution in [-0.4, -0.2) is 28.0 Å². The van der Waals surface area contributed by atoms with Crippen molar-refractivity contribution in [1.29, 1.82) is 0 Å². The Morgan fingerprint density at radius 1 is 1.07 bits per heavy atom. The van der Waals surface area contributed by atoms with Crippen LogP contribution in [0.5, 0.6) is 5.75 Å². The number of benzene rings is 2. The Kier molecular flexibility index (Phi) is 4.52. The molecule has 1 saturated heterocycles. The summed E-state index contributed by atoms with van der Waals surface area (Å²) in [6, 6.07) is 17.2. The average molecular weight is 377 g/mol. The predicted molar refractivity (Wildman–Crippen MR) is 105 cm³/mol. The summed E-state index contributed by atoms with van der Waals surface area (Å²) in [6.07, 6.45) is 3.54. The molecule has 6 nitrogen and oxygen atoms in total. The zero-order chi connectivity index (χ0) is 18.8. The van der Waals surface area contributed by atoms with Gasteiger partial charge in [-0.05, 0) is 54.2 Å². The number of hydrogen-bond acceptors (Lipinski definition) is 5. The van der Waals surface area contributed by atoms with Crippen LogP contribution < -0.4 is 10.1 Å². The van der Waals surface area contributed by atoms with Gasteiger partial charge < -0.3 is 4.74 Å². The number of hydrogen-bond donors (Lipinski definition) is 1. The molecule has 0 spiro atoms. The number of ether oxygens (including phenoxy) is 1. The highest BCUT2D eigenvalue weighted by Gasteiger charge is 2.26. The maximum Gasteiger partial charge on any atom is 0.290 e. The lowest BCUT2D eigenvalue weighted by Crippen LogP contribution is -2.17. The Balaban J connectivity index is 1.82. The highest BCUT2D eigenvalue weighted by atomic mass is 32.2. The lowest BCUT2D eigenvalue weighted by atomic mass is 10.1. The molecule has 1 fully saturated rings. The van der Waals surface area contributed by atoms with E-state index in [1.165, 1.54) is 0 Å². The smallest absolute Gasteiger partial charge is 0.290 e. The molecule has 2 aromatic carbocycles. The molecule has 27 heavy (non-hydrogen) atoms. The van der Waals surface area contributed by atoms with Crippen molar-refractivity contribution in [3.8, 4) is 22.7 Å². The fraction of sp³-hybridized carbons (Fsp3) is 0.0500. The van der Waals surface area contributed by atoms with Gasteiger partial charge in [0.25, 0.3) is 11.1 Å². The largest absolute Gasteiger partial charge is 0.497 e. The van der Waals surface area contributed by atoms with Gasteiger partial charge in [0.15, 0.2) is 0 Å². The number of carbonyl (C=O) groups is 2. The van der Waals surface area contributed by atoms with Crippen LogP contribution in [-0.2, 0) is 4.79 Å². The van der Waals surface area contributed by atoms with Gasteiger partial charge in [-0.25, -0.2) is 4.68 Å². The number of imide groups is 1. The minimum absolute atomic E-state index is 0.349. The normalized spacial score (nSPS) is 15.2. The molecule has 0 unspecified atom stereocenters. The molecule has 0 bridgehead atoms. The van der Waals surface area contributed by atoms with Crippen molar-refractivity contribution in [2.75, 3.05) is 7.11 Å². The van der Waals surface area contributed by atoms with Crippen LogP contribution in [0.3, 0.4) is 0 Å². The summed E-state index contributed by atoms with van der Waals surface area (Å²) in [6.45, 7) is 0. The van der Waals surface area contributed by atoms with Gasteiger partial charge in [-0.15, -0.1) is 0 Å². The highest BCUT2D eigenvalue weighted by molar-refractivity contribution is 8.18. The third kappa shape index (κ3) is 3.50. The Bertz CT molecular complexity index is 1040. The van der Waals surface area contributed by atoms with Crippen LogP contribution in [0.1, 0.15) is 5.56 Å². The lowest BCUT2D eigenvalue weighted by Gasteiger charge is -2.03. The minimum atomic E-state index is -0.391. The molecule has 7 heteroatoms. The second kappa shape index (κ2) is 7.13. The molecule has 1 aromatic heterocycles. The SMILES string of the molecule is COc1ccc(-c2nn(-c3ccccc3)cc2/C=C2\SC(=O)NC2=O)cc1. The van der Waals surface area contributed by atoms with Crippen LogP contribution in [0, 0.1) is 0 Å². The van der Waals surface area contributed by atoms with Crippen LogP contribution in [0.25, 0.3) is 23.0 Å². The van der Waals surface area contributed by atoms with E-state index in [9.17, 15) is 9.59 Å². The van der Waals surface area contributed by atoms with Gasteiger partial charge in [-0.1, -0.05) is 18.2 Å². The van der Waals surface area contributed by atoms with Crippen molar-refractivity contribution in [1.82, 2.24) is 15.1 Å². The summed E-state index contributed by atoms with van der Waals surface area (Å²) in [7, 11) is 1.61. The predicted octanol–water partition coefficient (Wildman–Crippen LogP) is 3.87. The molecule has 2 heterocycles. The van der Waals surface area contributed by atoms with E-state index in [0.717, 1.165) is 34.3 Å². The van der Waals surface area contributed by atoms with E-state index in [1.54, 1.807) is 17.9 Å². The monoisotopic (exact) mass is 377 g/mol. The quantitative estimate of drug-likeness (QED) is 0.699. The van der Waals surface area contributed by atoms with E-state index >= 15 is 0 Å². The summed E-state index contributed by atoms with van der Waals surface area (Å²) < 4.78 is 6.97. The van der Waals surface area contributed by atoms with Gasteiger partial charge in [0.1, 0.15) is 5.75 Å². The van der Waals surface area contributed by atoms with E-state index in [4.69, 9.17) is 9.84 Å². The first-order valence-corrected chi connectivity index (χ1v) is 9.00. The number of nitrogens with zero attached hydrogens (tertiary/aromatic N) is 2. The van der Waals surface area contributed by atoms with E-state index in [2.05, 4.69) is 5.32 Å². The number of methoxy groups -OCH3 is 1. The first-order chi connectivity index (χ1) is 13.1. The molecule has 2 amide bonds. The number of para-hydroxylation sites is 1. The van der Waals surface area contributed by atoms with Crippen molar-refractivity contribution in [2.24, 2.45) is 0 Å². The van der Waals surface area contributed by atoms with Crippen molar-refractivity contribution >= 4 is 29.0 Å². The second-order valence-electron chi connectivity index (χ2n) is 5.79. The average Bonchev–Trinajstić information content (AvgIpc) is 3.25. The molecular formula is C20H15N3O3S. The topological polar surface area (TPSA) is 73.2 Å². The summed E-state index contributed by atoms with van der Waals surface area (Å²) in [5.41, 5.74) is 3.24. The zero-order valence-corrected chi connectivity index (χ0v) is 15.2. The maximum atomic E-state index is 11.9. The van der Waals surface area contributed by atoms with Gasteiger partial charge >= 0.3 is 0 Å². The molecule has 0 saturated carbocycles. The number of rotatable bonds is 4. The number of carbonyl (C=O) groups excluding carboxylic acids is 2. The summed E-state index contributed by atoms with van der Waals surface area (Å²) in [4.78, 5) is 23.7. The van der Waals surface area contributed by atoms with Crippen LogP contribution >= 0.6 is 11.8 Å². The number of thioether (sulfide) groups is 1. The van der Waals surface area contributed by atoms with E-state index < -0.39 is 5.91 Å². The highest BCUT2D eigenvalue weighted by Crippen LogP contribution is 2.31. The summed E-state index contributed by atoms with van der Waals surface area (Å²) >= 11 is 0.888. The summed E-state index contributed by atoms with van der Waals surface area (Å²) in [5, 5.41) is 6.60. The molecular weight excluding hydrogens is 362 g/mol. The number of nitrogens with one attached hydrogen (secondary N) is 1. The second-order valence-corrected chi connectivity index (χ2v) is 6.81. The Morgan fingerprint density at radius 3 is 2.44 bits per heavy atom. The van der Waals surface area contributed by atoms with Gasteiger partial charge in [0.05, 0.1) is 23.4 Å². The molecule has 0 atom stereocenters. The molecule has 1 aliphatic heterocycles. The van der Waals surface area contributed by atoms with E-state index in [0.29, 0.717) is 10.6 Å². The third-order valence-corrected chi connectivity index (χ3v) is 4.87. The molecule has 3 aromatic rings. The van der Waals surface area contributed by atoms with Crippen molar-refractivity contribution in [3.63, 3.8) is 0 Å². The zero-order valence-electron chi connectivity index (χ0n) is 14.4. The van der Waals surface area contributed by atoms with Crippen molar-refractivity contribution < 1.29 is 14.3 Å². The molecule has 0 aliphatic carbocycles. The maximum absolute atomic E-state index is 11.9. The van der Waals surface area contributed by atoms with Crippen molar-refractivity contribution in [2.45, 2.75) is 0 Å². The van der Waals surface area contributed by atoms with Gasteiger partial charge in [-0.3, -0.25) is 14.9 Å². The fourth-order valence-electron chi connectivity index (χ4n) is 2.74. The Morgan fingerprint density at radius 2 is 1.81 bits per heavy atom. The first-order valence-electron chi connectivity index (χ1n) is 8.18. The van der Waals surface area contributed by atoms with Gasteiger partial charge in [-0.2, -0.15) is 5.10 Å². The summed E-state index contributed by atoms with van der Waals surface area (Å²) in [5.74, 6) is 0.357. The van der Waals surface area contributed by atoms with E-state index in [1.807, 2.05) is 60.8 Å². The van der Waals surface area contributed by atoms with Crippen LogP contribution in [0.15, 0.2) is 65.7 Å². The Labute approximate surface area is 159 Å². The van der Waals surface area contributed by atoms with Crippen molar-refractivity contribution in [3.05, 3.63) is 71.3 Å². The fourth-order valence-corrected chi connectivity index (χ4v) is 3.41. The van der Waals surface area contributed by atoms with Crippen LogP contribution in [0.2, 0.25) is 0 Å². The number of amides is 2. The van der Waals surface area contributed by atoms with Crippen LogP contribution in [0.4, 0.5) is 4.79 Å². The molecule has 134 valence electrons. The molecule has 1 aliphatic rings. The molecule has 4 rings (SSSR count). The minimum Gasteiger partial charge on any atom is -0.497 e. The first kappa shape index (κ1) is 17.1. The lowest BCUT2D eigenvalue weighted by molar-refractivity contribution is -0.115. The van der Waals surface area contributed by atoms with E-state index in [-0.39, 0.29) is 5.24 Å². The molecule has 0 radical (unpaired) electrons. The Hall–Kier alpha value is -3.32. The van der Waals surface area contributed by atoms with Gasteiger partial charge in [0, 0.05) is 17.3 Å². The number of aromatic nitrogens is 2. The molecule has 1 N–H and O–H groups in total. The standard InChI is InChI=1S/C20H15N3O3S/c1-26-16-9-7-13(8-10-16)18-14(11-17-19(24)21-20(25)27-17)12-23(22-18)15-5-3-2-4-6-15/h2-12H,1H3,(H,21,24,25)/b17-11-.